The van der Waals surface area contributed by atoms with Crippen LogP contribution in [0.3, 0.4) is 0 Å². The van der Waals surface area contributed by atoms with E-state index in [4.69, 9.17) is 16.9 Å². The van der Waals surface area contributed by atoms with Gasteiger partial charge >= 0.3 is 0 Å². The second kappa shape index (κ2) is 6.12. The molecule has 4 heteroatoms. The number of halogens is 1. The van der Waals surface area contributed by atoms with Gasteiger partial charge in [0, 0.05) is 18.6 Å². The third-order valence-electron chi connectivity index (χ3n) is 2.85. The highest BCUT2D eigenvalue weighted by Gasteiger charge is 2.04. The smallest absolute Gasteiger partial charge is 0.0992 e. The van der Waals surface area contributed by atoms with Gasteiger partial charge in [0.05, 0.1) is 23.0 Å². The lowest BCUT2D eigenvalue weighted by molar-refractivity contribution is 1.15. The van der Waals surface area contributed by atoms with E-state index in [-0.39, 0.29) is 0 Å². The molecule has 0 radical (unpaired) electrons. The first-order valence-electron chi connectivity index (χ1n) is 5.94. The molecule has 2 aromatic carbocycles. The predicted octanol–water partition coefficient (Wildman–Crippen LogP) is 3.87. The van der Waals surface area contributed by atoms with Crippen LogP contribution in [0.4, 0.5) is 11.4 Å². The topological polar surface area (TPSA) is 47.9 Å². The van der Waals surface area contributed by atoms with Crippen LogP contribution in [0.1, 0.15) is 11.1 Å². The molecule has 3 nitrogen and oxygen atoms in total. The predicted molar refractivity (Wildman–Crippen MR) is 79.5 cm³/mol. The van der Waals surface area contributed by atoms with Gasteiger partial charge in [0.1, 0.15) is 0 Å². The molecule has 2 N–H and O–H groups in total. The van der Waals surface area contributed by atoms with Gasteiger partial charge in [0.25, 0.3) is 0 Å². The summed E-state index contributed by atoms with van der Waals surface area (Å²) in [6, 6.07) is 15.3. The molecule has 0 aliphatic carbocycles. The molecule has 2 aromatic rings. The number of nitrogens with zero attached hydrogens (tertiary/aromatic N) is 1. The molecule has 0 spiro atoms. The number of anilines is 2. The molecule has 0 atom stereocenters. The van der Waals surface area contributed by atoms with Crippen molar-refractivity contribution in [1.29, 1.82) is 5.26 Å². The first kappa shape index (κ1) is 13.3. The van der Waals surface area contributed by atoms with Crippen LogP contribution < -0.4 is 10.6 Å². The molecule has 0 amide bonds. The summed E-state index contributed by atoms with van der Waals surface area (Å²) in [6.45, 7) is 0.639. The van der Waals surface area contributed by atoms with Gasteiger partial charge in [-0.05, 0) is 29.8 Å². The Balaban J connectivity index is 2.16. The molecule has 0 unspecified atom stereocenters. The van der Waals surface area contributed by atoms with E-state index in [0.717, 1.165) is 22.0 Å². The average molecular weight is 272 g/mol. The van der Waals surface area contributed by atoms with Crippen molar-refractivity contribution >= 4 is 23.0 Å². The molecule has 2 rings (SSSR count). The number of hydrogen-bond acceptors (Lipinski definition) is 3. The zero-order valence-corrected chi connectivity index (χ0v) is 11.3. The van der Waals surface area contributed by atoms with Crippen molar-refractivity contribution in [3.05, 3.63) is 58.6 Å². The summed E-state index contributed by atoms with van der Waals surface area (Å²) in [5, 5.41) is 16.0. The summed E-state index contributed by atoms with van der Waals surface area (Å²) in [6.07, 6.45) is 0. The normalized spacial score (nSPS) is 9.74. The maximum absolute atomic E-state index is 8.88. The molecule has 96 valence electrons. The van der Waals surface area contributed by atoms with Gasteiger partial charge in [-0.25, -0.2) is 0 Å². The Morgan fingerprint density at radius 2 is 1.95 bits per heavy atom. The number of hydrogen-bond donors (Lipinski definition) is 2. The minimum absolute atomic E-state index is 0.632. The summed E-state index contributed by atoms with van der Waals surface area (Å²) in [7, 11) is 1.83. The minimum atomic E-state index is 0.632. The Labute approximate surface area is 117 Å². The zero-order chi connectivity index (χ0) is 13.7. The quantitative estimate of drug-likeness (QED) is 0.888. The Morgan fingerprint density at radius 1 is 1.16 bits per heavy atom. The van der Waals surface area contributed by atoms with E-state index in [1.54, 1.807) is 6.07 Å². The highest BCUT2D eigenvalue weighted by atomic mass is 35.5. The lowest BCUT2D eigenvalue weighted by Crippen LogP contribution is -2.03. The Kier molecular flexibility index (Phi) is 4.27. The van der Waals surface area contributed by atoms with Crippen molar-refractivity contribution in [3.63, 3.8) is 0 Å². The summed E-state index contributed by atoms with van der Waals surface area (Å²) in [5.74, 6) is 0. The van der Waals surface area contributed by atoms with Gasteiger partial charge in [0.15, 0.2) is 0 Å². The molecule has 0 heterocycles. The summed E-state index contributed by atoms with van der Waals surface area (Å²) < 4.78 is 0. The van der Waals surface area contributed by atoms with Crippen molar-refractivity contribution in [2.75, 3.05) is 17.7 Å². The molecule has 0 saturated carbocycles. The van der Waals surface area contributed by atoms with Crippen molar-refractivity contribution in [2.45, 2.75) is 6.54 Å². The van der Waals surface area contributed by atoms with E-state index < -0.39 is 0 Å². The molecule has 0 aliphatic heterocycles. The number of nitrogens with one attached hydrogen (secondary N) is 2. The van der Waals surface area contributed by atoms with E-state index in [1.165, 1.54) is 0 Å². The molecule has 0 fully saturated rings. The average Bonchev–Trinajstić information content (AvgIpc) is 2.46. The van der Waals surface area contributed by atoms with Gasteiger partial charge < -0.3 is 10.6 Å². The Bertz CT molecular complexity index is 617. The Hall–Kier alpha value is -2.18. The van der Waals surface area contributed by atoms with E-state index in [0.29, 0.717) is 12.1 Å². The highest BCUT2D eigenvalue weighted by molar-refractivity contribution is 6.31. The van der Waals surface area contributed by atoms with Gasteiger partial charge in [-0.15, -0.1) is 0 Å². The summed E-state index contributed by atoms with van der Waals surface area (Å²) in [5.41, 5.74) is 3.51. The van der Waals surface area contributed by atoms with Crippen LogP contribution in [-0.2, 0) is 6.54 Å². The monoisotopic (exact) mass is 271 g/mol. The van der Waals surface area contributed by atoms with Gasteiger partial charge in [-0.1, -0.05) is 29.8 Å². The van der Waals surface area contributed by atoms with E-state index in [2.05, 4.69) is 16.7 Å². The fraction of sp³-hybridized carbons (Fsp3) is 0.133. The van der Waals surface area contributed by atoms with Crippen LogP contribution in [-0.4, -0.2) is 7.05 Å². The fourth-order valence-electron chi connectivity index (χ4n) is 1.81. The third-order valence-corrected chi connectivity index (χ3v) is 3.21. The highest BCUT2D eigenvalue weighted by Crippen LogP contribution is 2.24. The summed E-state index contributed by atoms with van der Waals surface area (Å²) in [4.78, 5) is 0. The lowest BCUT2D eigenvalue weighted by atomic mass is 10.1. The SMILES string of the molecule is CNc1cc(C#N)ccc1NCc1ccccc1Cl. The number of nitriles is 1. The molecule has 0 bridgehead atoms. The van der Waals surface area contributed by atoms with Gasteiger partial charge in [-0.2, -0.15) is 5.26 Å². The van der Waals surface area contributed by atoms with Crippen molar-refractivity contribution in [3.8, 4) is 6.07 Å². The van der Waals surface area contributed by atoms with Crippen LogP contribution in [0, 0.1) is 11.3 Å². The first-order chi connectivity index (χ1) is 9.24. The second-order valence-electron chi connectivity index (χ2n) is 4.07. The van der Waals surface area contributed by atoms with Gasteiger partial charge in [0.2, 0.25) is 0 Å². The first-order valence-corrected chi connectivity index (χ1v) is 6.31. The third kappa shape index (κ3) is 3.18. The number of benzene rings is 2. The fourth-order valence-corrected chi connectivity index (χ4v) is 2.01. The van der Waals surface area contributed by atoms with E-state index in [1.807, 2.05) is 43.4 Å². The van der Waals surface area contributed by atoms with Crippen LogP contribution in [0.2, 0.25) is 5.02 Å². The minimum Gasteiger partial charge on any atom is -0.386 e. The van der Waals surface area contributed by atoms with Crippen molar-refractivity contribution in [1.82, 2.24) is 0 Å². The molecule has 0 aromatic heterocycles. The van der Waals surface area contributed by atoms with Crippen molar-refractivity contribution < 1.29 is 0 Å². The standard InChI is InChI=1S/C15H14ClN3/c1-18-15-8-11(9-17)6-7-14(15)19-10-12-4-2-3-5-13(12)16/h2-8,18-19H,10H2,1H3. The second-order valence-corrected chi connectivity index (χ2v) is 4.47. The van der Waals surface area contributed by atoms with E-state index >= 15 is 0 Å². The molecular formula is C15H14ClN3. The molecular weight excluding hydrogens is 258 g/mol. The number of rotatable bonds is 4. The maximum atomic E-state index is 8.88. The molecule has 0 aliphatic rings. The van der Waals surface area contributed by atoms with Crippen LogP contribution in [0.25, 0.3) is 0 Å². The van der Waals surface area contributed by atoms with Crippen LogP contribution in [0.15, 0.2) is 42.5 Å². The van der Waals surface area contributed by atoms with Gasteiger partial charge in [-0.3, -0.25) is 0 Å². The van der Waals surface area contributed by atoms with Crippen LogP contribution >= 0.6 is 11.6 Å². The molecule has 19 heavy (non-hydrogen) atoms. The maximum Gasteiger partial charge on any atom is 0.0992 e. The van der Waals surface area contributed by atoms with Crippen LogP contribution in [0.5, 0.6) is 0 Å². The Morgan fingerprint density at radius 3 is 2.63 bits per heavy atom. The largest absolute Gasteiger partial charge is 0.386 e. The lowest BCUT2D eigenvalue weighted by Gasteiger charge is -2.12. The van der Waals surface area contributed by atoms with E-state index in [9.17, 15) is 0 Å². The summed E-state index contributed by atoms with van der Waals surface area (Å²) >= 11 is 6.11. The molecule has 0 saturated heterocycles. The van der Waals surface area contributed by atoms with Crippen molar-refractivity contribution in [2.24, 2.45) is 0 Å². The zero-order valence-electron chi connectivity index (χ0n) is 10.6.